The average molecular weight is 253 g/mol. The van der Waals surface area contributed by atoms with Crippen molar-refractivity contribution in [3.8, 4) is 0 Å². The fourth-order valence-electron chi connectivity index (χ4n) is 2.43. The number of aliphatic carboxylic acids is 1. The highest BCUT2D eigenvalue weighted by atomic mass is 16.4. The molecule has 4 heteroatoms. The van der Waals surface area contributed by atoms with E-state index < -0.39 is 5.97 Å². The summed E-state index contributed by atoms with van der Waals surface area (Å²) < 4.78 is 0. The molecule has 0 aromatic heterocycles. The number of allylic oxidation sites excluding steroid dienone is 2. The number of nitrogens with zero attached hydrogens (tertiary/aromatic N) is 1. The number of carboxylic acid groups (broad SMARTS) is 1. The lowest BCUT2D eigenvalue weighted by molar-refractivity contribution is -0.138. The molecule has 1 saturated carbocycles. The first-order chi connectivity index (χ1) is 8.17. The van der Waals surface area contributed by atoms with E-state index in [4.69, 9.17) is 5.11 Å². The molecule has 1 aliphatic carbocycles. The lowest BCUT2D eigenvalue weighted by atomic mass is 10.1. The van der Waals surface area contributed by atoms with E-state index in [1.807, 2.05) is 13.8 Å². The van der Waals surface area contributed by atoms with E-state index in [0.29, 0.717) is 0 Å². The average Bonchev–Trinajstić information content (AvgIpc) is 2.74. The van der Waals surface area contributed by atoms with Gasteiger partial charge in [0.2, 0.25) is 5.91 Å². The number of rotatable bonds is 5. The quantitative estimate of drug-likeness (QED) is 0.764. The van der Waals surface area contributed by atoms with E-state index in [0.717, 1.165) is 0 Å². The summed E-state index contributed by atoms with van der Waals surface area (Å²) in [6.07, 6.45) is 2.15. The molecule has 1 aliphatic rings. The fourth-order valence-corrected chi connectivity index (χ4v) is 2.43. The minimum Gasteiger partial charge on any atom is -0.481 e. The maximum absolute atomic E-state index is 12.2. The Bertz CT molecular complexity index is 381. The van der Waals surface area contributed by atoms with Gasteiger partial charge in [-0.1, -0.05) is 25.5 Å². The van der Waals surface area contributed by atoms with Crippen molar-refractivity contribution in [1.29, 1.82) is 0 Å². The van der Waals surface area contributed by atoms with Crippen molar-refractivity contribution in [2.24, 2.45) is 17.3 Å². The van der Waals surface area contributed by atoms with Crippen molar-refractivity contribution in [3.63, 3.8) is 0 Å². The monoisotopic (exact) mass is 253 g/mol. The Morgan fingerprint density at radius 1 is 1.33 bits per heavy atom. The van der Waals surface area contributed by atoms with Crippen LogP contribution >= 0.6 is 0 Å². The molecule has 4 nitrogen and oxygen atoms in total. The second-order valence-corrected chi connectivity index (χ2v) is 5.97. The van der Waals surface area contributed by atoms with Gasteiger partial charge in [-0.3, -0.25) is 9.59 Å². The van der Waals surface area contributed by atoms with Crippen LogP contribution in [0.5, 0.6) is 0 Å². The predicted octanol–water partition coefficient (Wildman–Crippen LogP) is 2.16. The van der Waals surface area contributed by atoms with Crippen LogP contribution in [0.1, 0.15) is 34.1 Å². The van der Waals surface area contributed by atoms with Crippen molar-refractivity contribution in [2.75, 3.05) is 13.6 Å². The second-order valence-electron chi connectivity index (χ2n) is 5.97. The number of carboxylic acids is 1. The third-order valence-corrected chi connectivity index (χ3v) is 3.73. The molecule has 0 saturated heterocycles. The number of amides is 1. The Morgan fingerprint density at radius 3 is 2.33 bits per heavy atom. The number of hydrogen-bond donors (Lipinski definition) is 1. The van der Waals surface area contributed by atoms with Crippen LogP contribution < -0.4 is 0 Å². The van der Waals surface area contributed by atoms with E-state index in [9.17, 15) is 9.59 Å². The van der Waals surface area contributed by atoms with Crippen molar-refractivity contribution in [1.82, 2.24) is 4.90 Å². The van der Waals surface area contributed by atoms with Crippen molar-refractivity contribution in [2.45, 2.75) is 34.1 Å². The Balaban J connectivity index is 2.63. The summed E-state index contributed by atoms with van der Waals surface area (Å²) in [7, 11) is 1.68. The van der Waals surface area contributed by atoms with Gasteiger partial charge in [-0.25, -0.2) is 0 Å². The molecule has 1 amide bonds. The molecule has 0 aromatic rings. The van der Waals surface area contributed by atoms with E-state index in [1.165, 1.54) is 5.57 Å². The summed E-state index contributed by atoms with van der Waals surface area (Å²) in [5.41, 5.74) is 1.21. The highest BCUT2D eigenvalue weighted by Gasteiger charge is 2.60. The van der Waals surface area contributed by atoms with Gasteiger partial charge >= 0.3 is 5.97 Å². The summed E-state index contributed by atoms with van der Waals surface area (Å²) in [6.45, 7) is 8.52. The molecule has 1 N–H and O–H groups in total. The fraction of sp³-hybridized carbons (Fsp3) is 0.714. The normalized spacial score (nSPS) is 24.3. The van der Waals surface area contributed by atoms with Crippen LogP contribution in [0, 0.1) is 17.3 Å². The Hall–Kier alpha value is -1.32. The number of hydrogen-bond acceptors (Lipinski definition) is 2. The first-order valence-corrected chi connectivity index (χ1v) is 6.29. The van der Waals surface area contributed by atoms with Crippen LogP contribution in [0.25, 0.3) is 0 Å². The van der Waals surface area contributed by atoms with Crippen molar-refractivity contribution < 1.29 is 14.7 Å². The molecule has 0 heterocycles. The largest absolute Gasteiger partial charge is 0.481 e. The van der Waals surface area contributed by atoms with Crippen LogP contribution in [0.3, 0.4) is 0 Å². The summed E-state index contributed by atoms with van der Waals surface area (Å²) in [4.78, 5) is 24.3. The zero-order chi connectivity index (χ0) is 14.1. The van der Waals surface area contributed by atoms with Gasteiger partial charge in [-0.2, -0.15) is 0 Å². The Morgan fingerprint density at radius 2 is 1.89 bits per heavy atom. The molecule has 1 fully saturated rings. The van der Waals surface area contributed by atoms with Crippen LogP contribution in [-0.2, 0) is 9.59 Å². The summed E-state index contributed by atoms with van der Waals surface area (Å²) in [5.74, 6) is -0.539. The van der Waals surface area contributed by atoms with Gasteiger partial charge in [-0.15, -0.1) is 0 Å². The van der Waals surface area contributed by atoms with Gasteiger partial charge in [0.1, 0.15) is 0 Å². The molecule has 0 unspecified atom stereocenters. The molecule has 1 rings (SSSR count). The minimum absolute atomic E-state index is 0.00268. The van der Waals surface area contributed by atoms with Gasteiger partial charge in [-0.05, 0) is 25.2 Å². The van der Waals surface area contributed by atoms with Gasteiger partial charge < -0.3 is 10.0 Å². The third kappa shape index (κ3) is 3.12. The molecule has 0 aliphatic heterocycles. The Labute approximate surface area is 109 Å². The third-order valence-electron chi connectivity index (χ3n) is 3.73. The zero-order valence-corrected chi connectivity index (χ0v) is 11.9. The predicted molar refractivity (Wildman–Crippen MR) is 70.1 cm³/mol. The SMILES string of the molecule is CC(C)=C[C@H]1[C@H](C(=O)N(C)CCC(=O)O)C1(C)C. The van der Waals surface area contributed by atoms with Crippen molar-refractivity contribution in [3.05, 3.63) is 11.6 Å². The van der Waals surface area contributed by atoms with E-state index in [1.54, 1.807) is 11.9 Å². The van der Waals surface area contributed by atoms with Crippen LogP contribution in [0.2, 0.25) is 0 Å². The molecule has 0 radical (unpaired) electrons. The topological polar surface area (TPSA) is 57.6 Å². The maximum Gasteiger partial charge on any atom is 0.305 e. The van der Waals surface area contributed by atoms with Gasteiger partial charge in [0.15, 0.2) is 0 Å². The van der Waals surface area contributed by atoms with E-state index in [-0.39, 0.29) is 36.1 Å². The highest BCUT2D eigenvalue weighted by molar-refractivity contribution is 5.84. The van der Waals surface area contributed by atoms with Crippen LogP contribution in [-0.4, -0.2) is 35.5 Å². The van der Waals surface area contributed by atoms with Gasteiger partial charge in [0.25, 0.3) is 0 Å². The highest BCUT2D eigenvalue weighted by Crippen LogP contribution is 2.59. The summed E-state index contributed by atoms with van der Waals surface area (Å²) in [6, 6.07) is 0. The lowest BCUT2D eigenvalue weighted by Gasteiger charge is -2.16. The molecule has 0 aromatic carbocycles. The van der Waals surface area contributed by atoms with E-state index >= 15 is 0 Å². The number of carbonyl (C=O) groups excluding carboxylic acids is 1. The molecule has 18 heavy (non-hydrogen) atoms. The second kappa shape index (κ2) is 5.12. The van der Waals surface area contributed by atoms with Gasteiger partial charge in [0.05, 0.1) is 12.3 Å². The smallest absolute Gasteiger partial charge is 0.305 e. The molecule has 2 atom stereocenters. The molecular weight excluding hydrogens is 230 g/mol. The standard InChI is InChI=1S/C14H23NO3/c1-9(2)8-10-12(14(10,3)4)13(18)15(5)7-6-11(16)17/h8,10,12H,6-7H2,1-5H3,(H,16,17)/t10-,12+/m0/s1. The van der Waals surface area contributed by atoms with Crippen LogP contribution in [0.15, 0.2) is 11.6 Å². The van der Waals surface area contributed by atoms with E-state index in [2.05, 4.69) is 19.9 Å². The molecule has 102 valence electrons. The molecule has 0 bridgehead atoms. The minimum atomic E-state index is -0.870. The zero-order valence-electron chi connectivity index (χ0n) is 11.9. The number of carbonyl (C=O) groups is 2. The summed E-state index contributed by atoms with van der Waals surface area (Å²) >= 11 is 0. The Kier molecular flexibility index (Phi) is 4.20. The first kappa shape index (κ1) is 14.7. The van der Waals surface area contributed by atoms with Gasteiger partial charge in [0, 0.05) is 13.6 Å². The molecular formula is C14H23NO3. The van der Waals surface area contributed by atoms with Crippen molar-refractivity contribution >= 4 is 11.9 Å². The molecule has 0 spiro atoms. The maximum atomic E-state index is 12.2. The lowest BCUT2D eigenvalue weighted by Crippen LogP contribution is -2.31. The summed E-state index contributed by atoms with van der Waals surface area (Å²) in [5, 5.41) is 8.62. The first-order valence-electron chi connectivity index (χ1n) is 6.29. The van der Waals surface area contributed by atoms with Crippen LogP contribution in [0.4, 0.5) is 0 Å².